The predicted octanol–water partition coefficient (Wildman–Crippen LogP) is 4.76. The minimum absolute atomic E-state index is 0.0507. The van der Waals surface area contributed by atoms with Crippen molar-refractivity contribution in [1.82, 2.24) is 10.2 Å². The maximum Gasteiger partial charge on any atom is 0.264 e. The molecule has 226 valence electrons. The van der Waals surface area contributed by atoms with Crippen LogP contribution in [0.4, 0.5) is 10.1 Å². The number of carbonyl (C=O) groups is 2. The number of rotatable bonds is 14. The van der Waals surface area contributed by atoms with Gasteiger partial charge in [-0.25, -0.2) is 12.8 Å². The third-order valence-electron chi connectivity index (χ3n) is 6.94. The normalized spacial score (nSPS) is 12.6. The molecule has 0 aliphatic rings. The van der Waals surface area contributed by atoms with Gasteiger partial charge in [0.1, 0.15) is 29.9 Å². The number of benzene rings is 3. The van der Waals surface area contributed by atoms with E-state index < -0.39 is 34.3 Å². The van der Waals surface area contributed by atoms with E-state index in [2.05, 4.69) is 5.32 Å². The number of sulfonamides is 1. The van der Waals surface area contributed by atoms with Gasteiger partial charge < -0.3 is 19.7 Å². The van der Waals surface area contributed by atoms with Gasteiger partial charge in [0.15, 0.2) is 0 Å². The zero-order valence-corrected chi connectivity index (χ0v) is 25.4. The van der Waals surface area contributed by atoms with Gasteiger partial charge in [-0.05, 0) is 86.0 Å². The van der Waals surface area contributed by atoms with Crippen LogP contribution in [0.25, 0.3) is 0 Å². The largest absolute Gasteiger partial charge is 0.497 e. The average Bonchev–Trinajstić information content (AvgIpc) is 3.00. The summed E-state index contributed by atoms with van der Waals surface area (Å²) in [5.74, 6) is -0.396. The molecule has 11 heteroatoms. The fourth-order valence-corrected chi connectivity index (χ4v) is 5.71. The molecule has 0 bridgehead atoms. The molecule has 9 nitrogen and oxygen atoms in total. The number of carbonyl (C=O) groups excluding carboxylic acids is 2. The summed E-state index contributed by atoms with van der Waals surface area (Å²) >= 11 is 0. The first-order chi connectivity index (χ1) is 20.0. The van der Waals surface area contributed by atoms with E-state index in [4.69, 9.17) is 9.47 Å². The van der Waals surface area contributed by atoms with Gasteiger partial charge in [-0.2, -0.15) is 0 Å². The Morgan fingerprint density at radius 3 is 1.90 bits per heavy atom. The summed E-state index contributed by atoms with van der Waals surface area (Å²) in [6.45, 7) is 5.04. The number of halogens is 1. The lowest BCUT2D eigenvalue weighted by Crippen LogP contribution is -2.53. The fourth-order valence-electron chi connectivity index (χ4n) is 4.30. The molecule has 2 atom stereocenters. The van der Waals surface area contributed by atoms with E-state index in [0.29, 0.717) is 24.3 Å². The SMILES string of the molecule is CC[C@H](C)NC(=O)[C@H](CC)N(Cc1ccc(OC)cc1)C(=O)CN(c1ccc(F)cc1)S(=O)(=O)c1ccc(OC)cc1. The molecule has 2 amide bonds. The lowest BCUT2D eigenvalue weighted by Gasteiger charge is -2.33. The second-order valence-corrected chi connectivity index (χ2v) is 11.6. The van der Waals surface area contributed by atoms with E-state index in [-0.39, 0.29) is 29.1 Å². The number of anilines is 1. The molecule has 42 heavy (non-hydrogen) atoms. The molecule has 0 radical (unpaired) electrons. The quantitative estimate of drug-likeness (QED) is 0.287. The number of methoxy groups -OCH3 is 2. The summed E-state index contributed by atoms with van der Waals surface area (Å²) in [5.41, 5.74) is 0.826. The van der Waals surface area contributed by atoms with Gasteiger partial charge in [-0.3, -0.25) is 13.9 Å². The maximum absolute atomic E-state index is 14.1. The summed E-state index contributed by atoms with van der Waals surface area (Å²) in [7, 11) is -1.28. The summed E-state index contributed by atoms with van der Waals surface area (Å²) in [4.78, 5) is 28.7. The zero-order chi connectivity index (χ0) is 30.9. The van der Waals surface area contributed by atoms with E-state index >= 15 is 0 Å². The molecule has 0 aromatic heterocycles. The number of amides is 2. The Morgan fingerprint density at radius 1 is 0.857 bits per heavy atom. The molecule has 0 saturated carbocycles. The molecule has 3 rings (SSSR count). The maximum atomic E-state index is 14.1. The molecule has 3 aromatic carbocycles. The monoisotopic (exact) mass is 599 g/mol. The fraction of sp³-hybridized carbons (Fsp3) is 0.355. The highest BCUT2D eigenvalue weighted by Crippen LogP contribution is 2.26. The smallest absolute Gasteiger partial charge is 0.264 e. The summed E-state index contributed by atoms with van der Waals surface area (Å²) in [5, 5.41) is 2.94. The Hall–Kier alpha value is -4.12. The highest BCUT2D eigenvalue weighted by atomic mass is 32.2. The molecule has 0 spiro atoms. The summed E-state index contributed by atoms with van der Waals surface area (Å²) in [6.07, 6.45) is 0.999. The van der Waals surface area contributed by atoms with Gasteiger partial charge in [-0.15, -0.1) is 0 Å². The van der Waals surface area contributed by atoms with Crippen molar-refractivity contribution in [1.29, 1.82) is 0 Å². The Labute approximate surface area is 247 Å². The Kier molecular flexibility index (Phi) is 11.3. The minimum atomic E-state index is -4.29. The first-order valence-electron chi connectivity index (χ1n) is 13.7. The van der Waals surface area contributed by atoms with Crippen LogP contribution in [0.5, 0.6) is 11.5 Å². The van der Waals surface area contributed by atoms with E-state index in [0.717, 1.165) is 22.0 Å². The number of hydrogen-bond donors (Lipinski definition) is 1. The van der Waals surface area contributed by atoms with E-state index in [1.807, 2.05) is 13.8 Å². The van der Waals surface area contributed by atoms with Crippen molar-refractivity contribution in [2.24, 2.45) is 0 Å². The molecule has 0 heterocycles. The third kappa shape index (κ3) is 8.00. The predicted molar refractivity (Wildman–Crippen MR) is 159 cm³/mol. The van der Waals surface area contributed by atoms with Crippen molar-refractivity contribution in [2.45, 2.75) is 57.1 Å². The number of hydrogen-bond acceptors (Lipinski definition) is 6. The van der Waals surface area contributed by atoms with Crippen molar-refractivity contribution in [3.05, 3.63) is 84.2 Å². The third-order valence-corrected chi connectivity index (χ3v) is 8.73. The summed E-state index contributed by atoms with van der Waals surface area (Å²) < 4.78 is 52.9. The van der Waals surface area contributed by atoms with Crippen molar-refractivity contribution in [2.75, 3.05) is 25.1 Å². The van der Waals surface area contributed by atoms with Gasteiger partial charge in [-0.1, -0.05) is 26.0 Å². The highest BCUT2D eigenvalue weighted by Gasteiger charge is 2.34. The molecule has 3 aromatic rings. The molecular weight excluding hydrogens is 561 g/mol. The second kappa shape index (κ2) is 14.7. The Balaban J connectivity index is 2.05. The number of nitrogens with zero attached hydrogens (tertiary/aromatic N) is 2. The van der Waals surface area contributed by atoms with Crippen LogP contribution < -0.4 is 19.1 Å². The van der Waals surface area contributed by atoms with Crippen molar-refractivity contribution in [3.8, 4) is 11.5 Å². The first kappa shape index (κ1) is 32.4. The highest BCUT2D eigenvalue weighted by molar-refractivity contribution is 7.92. The van der Waals surface area contributed by atoms with E-state index in [1.54, 1.807) is 38.3 Å². The van der Waals surface area contributed by atoms with Crippen LogP contribution in [0.3, 0.4) is 0 Å². The Bertz CT molecular complexity index is 1430. The molecule has 0 aliphatic carbocycles. The van der Waals surface area contributed by atoms with Crippen LogP contribution in [0.2, 0.25) is 0 Å². The number of ether oxygens (including phenoxy) is 2. The van der Waals surface area contributed by atoms with E-state index in [9.17, 15) is 22.4 Å². The van der Waals surface area contributed by atoms with Crippen LogP contribution in [0, 0.1) is 5.82 Å². The molecule has 0 aliphatic heterocycles. The average molecular weight is 600 g/mol. The Morgan fingerprint density at radius 2 is 1.40 bits per heavy atom. The van der Waals surface area contributed by atoms with Gasteiger partial charge >= 0.3 is 0 Å². The van der Waals surface area contributed by atoms with Gasteiger partial charge in [0.05, 0.1) is 24.8 Å². The van der Waals surface area contributed by atoms with Gasteiger partial charge in [0, 0.05) is 12.6 Å². The van der Waals surface area contributed by atoms with Crippen LogP contribution in [0.1, 0.15) is 39.2 Å². The number of nitrogens with one attached hydrogen (secondary N) is 1. The van der Waals surface area contributed by atoms with Crippen LogP contribution in [-0.4, -0.2) is 58.0 Å². The lowest BCUT2D eigenvalue weighted by atomic mass is 10.1. The molecule has 1 N–H and O–H groups in total. The topological polar surface area (TPSA) is 105 Å². The summed E-state index contributed by atoms with van der Waals surface area (Å²) in [6, 6.07) is 16.7. The molecular formula is C31H38FN3O6S. The lowest BCUT2D eigenvalue weighted by molar-refractivity contribution is -0.140. The standard InChI is InChI=1S/C31H38FN3O6S/c1-6-22(3)33-31(37)29(7-2)34(20-23-8-14-26(40-4)15-9-23)30(36)21-35(25-12-10-24(32)11-13-25)42(38,39)28-18-16-27(41-5)17-19-28/h8-19,22,29H,6-7,20-21H2,1-5H3,(H,33,37)/t22-,29-/m0/s1. The minimum Gasteiger partial charge on any atom is -0.497 e. The zero-order valence-electron chi connectivity index (χ0n) is 24.5. The second-order valence-electron chi connectivity index (χ2n) is 9.78. The van der Waals surface area contributed by atoms with Crippen LogP contribution >= 0.6 is 0 Å². The van der Waals surface area contributed by atoms with Crippen LogP contribution in [-0.2, 0) is 26.2 Å². The molecule has 0 unspecified atom stereocenters. The van der Waals surface area contributed by atoms with Crippen molar-refractivity contribution in [3.63, 3.8) is 0 Å². The molecule has 0 fully saturated rings. The van der Waals surface area contributed by atoms with E-state index in [1.165, 1.54) is 48.4 Å². The van der Waals surface area contributed by atoms with Crippen molar-refractivity contribution < 1.29 is 31.9 Å². The van der Waals surface area contributed by atoms with Crippen LogP contribution in [0.15, 0.2) is 77.7 Å². The first-order valence-corrected chi connectivity index (χ1v) is 15.1. The van der Waals surface area contributed by atoms with Crippen molar-refractivity contribution >= 4 is 27.5 Å². The van der Waals surface area contributed by atoms with Gasteiger partial charge in [0.2, 0.25) is 11.8 Å². The molecule has 0 saturated heterocycles. The van der Waals surface area contributed by atoms with Gasteiger partial charge in [0.25, 0.3) is 10.0 Å².